The lowest BCUT2D eigenvalue weighted by molar-refractivity contribution is -0.147. The zero-order chi connectivity index (χ0) is 13.1. The Hall–Kier alpha value is -1.62. The number of nitrogens with zero attached hydrogens (tertiary/aromatic N) is 1. The lowest BCUT2D eigenvalue weighted by Gasteiger charge is -2.14. The molecular weight excluding hydrogens is 298 g/mol. The molecule has 0 saturated carbocycles. The molecule has 1 atom stereocenters. The minimum Gasteiger partial charge on any atom is -0.478 e. The van der Waals surface area contributed by atoms with E-state index in [4.69, 9.17) is 4.74 Å². The molecule has 0 radical (unpaired) electrons. The summed E-state index contributed by atoms with van der Waals surface area (Å²) in [6.07, 6.45) is 1.08. The lowest BCUT2D eigenvalue weighted by Crippen LogP contribution is -2.25. The van der Waals surface area contributed by atoms with Gasteiger partial charge in [-0.25, -0.2) is 4.79 Å². The van der Waals surface area contributed by atoms with Crippen LogP contribution in [0.15, 0.2) is 34.9 Å². The number of fused-ring (bicyclic) bond motifs is 1. The number of pyridine rings is 1. The fraction of sp³-hybridized carbons (Fsp3) is 0.231. The molecule has 0 fully saturated rings. The van der Waals surface area contributed by atoms with Crippen molar-refractivity contribution in [3.63, 3.8) is 0 Å². The van der Waals surface area contributed by atoms with Crippen molar-refractivity contribution < 1.29 is 14.3 Å². The van der Waals surface area contributed by atoms with E-state index in [1.807, 2.05) is 18.2 Å². The Morgan fingerprint density at radius 2 is 2.17 bits per heavy atom. The Morgan fingerprint density at radius 3 is 2.89 bits per heavy atom. The Kier molecular flexibility index (Phi) is 3.81. The van der Waals surface area contributed by atoms with Gasteiger partial charge >= 0.3 is 5.97 Å². The highest BCUT2D eigenvalue weighted by Gasteiger charge is 2.17. The monoisotopic (exact) mass is 309 g/mol. The molecule has 0 amide bonds. The number of benzene rings is 1. The van der Waals surface area contributed by atoms with Gasteiger partial charge in [0.05, 0.1) is 17.1 Å². The Bertz CT molecular complexity index is 585. The van der Waals surface area contributed by atoms with Crippen molar-refractivity contribution in [2.75, 3.05) is 7.11 Å². The van der Waals surface area contributed by atoms with E-state index in [2.05, 4.69) is 25.7 Å². The first-order valence-corrected chi connectivity index (χ1v) is 6.20. The summed E-state index contributed by atoms with van der Waals surface area (Å²) in [6, 6.07) is 7.40. The summed E-state index contributed by atoms with van der Waals surface area (Å²) in [5, 5.41) is 0.937. The maximum Gasteiger partial charge on any atom is 0.346 e. The van der Waals surface area contributed by atoms with Crippen LogP contribution in [-0.4, -0.2) is 24.2 Å². The lowest BCUT2D eigenvalue weighted by atomic mass is 10.2. The zero-order valence-electron chi connectivity index (χ0n) is 10.0. The van der Waals surface area contributed by atoms with Gasteiger partial charge in [-0.1, -0.05) is 6.07 Å². The molecular formula is C13H12BrNO3. The molecule has 2 rings (SSSR count). The first-order chi connectivity index (χ1) is 8.63. The van der Waals surface area contributed by atoms with Crippen LogP contribution in [0.2, 0.25) is 0 Å². The molecule has 94 valence electrons. The second-order valence-electron chi connectivity index (χ2n) is 3.73. The molecule has 0 saturated heterocycles. The predicted octanol–water partition coefficient (Wildman–Crippen LogP) is 2.94. The zero-order valence-corrected chi connectivity index (χ0v) is 11.6. The van der Waals surface area contributed by atoms with Crippen molar-refractivity contribution in [2.45, 2.75) is 13.0 Å². The third kappa shape index (κ3) is 2.46. The smallest absolute Gasteiger partial charge is 0.346 e. The second kappa shape index (κ2) is 5.35. The van der Waals surface area contributed by atoms with Crippen LogP contribution < -0.4 is 4.74 Å². The van der Waals surface area contributed by atoms with Gasteiger partial charge in [0.2, 0.25) is 0 Å². The second-order valence-corrected chi connectivity index (χ2v) is 4.52. The number of halogens is 1. The van der Waals surface area contributed by atoms with Gasteiger partial charge in [0.15, 0.2) is 6.10 Å². The van der Waals surface area contributed by atoms with Gasteiger partial charge in [-0.2, -0.15) is 0 Å². The summed E-state index contributed by atoms with van der Waals surface area (Å²) in [5.41, 5.74) is 0.863. The molecule has 0 bridgehead atoms. The molecule has 1 aromatic heterocycles. The SMILES string of the molecule is COC(=O)C(C)Oc1ccc2ncccc2c1Br. The predicted molar refractivity (Wildman–Crippen MR) is 71.5 cm³/mol. The van der Waals surface area contributed by atoms with E-state index in [0.29, 0.717) is 5.75 Å². The highest BCUT2D eigenvalue weighted by atomic mass is 79.9. The van der Waals surface area contributed by atoms with E-state index in [0.717, 1.165) is 15.4 Å². The molecule has 0 aliphatic heterocycles. The highest BCUT2D eigenvalue weighted by Crippen LogP contribution is 2.32. The summed E-state index contributed by atoms with van der Waals surface area (Å²) >= 11 is 3.46. The topological polar surface area (TPSA) is 48.4 Å². The third-order valence-electron chi connectivity index (χ3n) is 2.52. The minimum absolute atomic E-state index is 0.409. The van der Waals surface area contributed by atoms with Gasteiger partial charge in [-0.15, -0.1) is 0 Å². The van der Waals surface area contributed by atoms with Crippen molar-refractivity contribution in [3.05, 3.63) is 34.9 Å². The summed E-state index contributed by atoms with van der Waals surface area (Å²) in [7, 11) is 1.33. The van der Waals surface area contributed by atoms with Crippen LogP contribution in [0.3, 0.4) is 0 Å². The normalized spacial score (nSPS) is 12.2. The fourth-order valence-electron chi connectivity index (χ4n) is 1.59. The first-order valence-electron chi connectivity index (χ1n) is 5.41. The minimum atomic E-state index is -0.652. The van der Waals surface area contributed by atoms with Gasteiger partial charge in [0, 0.05) is 11.6 Å². The quantitative estimate of drug-likeness (QED) is 0.818. The number of carbonyl (C=O) groups is 1. The Morgan fingerprint density at radius 1 is 1.39 bits per heavy atom. The molecule has 18 heavy (non-hydrogen) atoms. The van der Waals surface area contributed by atoms with Gasteiger partial charge < -0.3 is 9.47 Å². The number of aromatic nitrogens is 1. The van der Waals surface area contributed by atoms with Crippen LogP contribution >= 0.6 is 15.9 Å². The first kappa shape index (κ1) is 12.8. The van der Waals surface area contributed by atoms with Crippen LogP contribution in [0.25, 0.3) is 10.9 Å². The van der Waals surface area contributed by atoms with E-state index in [9.17, 15) is 4.79 Å². The van der Waals surface area contributed by atoms with Crippen LogP contribution in [0, 0.1) is 0 Å². The molecule has 0 aliphatic carbocycles. The fourth-order valence-corrected chi connectivity index (χ4v) is 2.15. The number of carbonyl (C=O) groups excluding carboxylic acids is 1. The average Bonchev–Trinajstić information content (AvgIpc) is 2.41. The maximum atomic E-state index is 11.3. The molecule has 1 heterocycles. The van der Waals surface area contributed by atoms with E-state index >= 15 is 0 Å². The molecule has 0 aliphatic rings. The number of ether oxygens (including phenoxy) is 2. The van der Waals surface area contributed by atoms with E-state index in [1.165, 1.54) is 7.11 Å². The maximum absolute atomic E-state index is 11.3. The number of rotatable bonds is 3. The summed E-state index contributed by atoms with van der Waals surface area (Å²) in [4.78, 5) is 15.6. The average molecular weight is 310 g/mol. The number of hydrogen-bond acceptors (Lipinski definition) is 4. The van der Waals surface area contributed by atoms with Crippen LogP contribution in [0.1, 0.15) is 6.92 Å². The number of hydrogen-bond donors (Lipinski definition) is 0. The summed E-state index contributed by atoms with van der Waals surface area (Å²) in [5.74, 6) is 0.182. The van der Waals surface area contributed by atoms with Crippen molar-refractivity contribution in [1.29, 1.82) is 0 Å². The molecule has 1 aromatic carbocycles. The summed E-state index contributed by atoms with van der Waals surface area (Å²) in [6.45, 7) is 1.64. The van der Waals surface area contributed by atoms with Gasteiger partial charge in [-0.05, 0) is 41.1 Å². The van der Waals surface area contributed by atoms with Gasteiger partial charge in [0.1, 0.15) is 5.75 Å². The number of esters is 1. The molecule has 2 aromatic rings. The largest absolute Gasteiger partial charge is 0.478 e. The highest BCUT2D eigenvalue weighted by molar-refractivity contribution is 9.10. The molecule has 0 N–H and O–H groups in total. The molecule has 5 heteroatoms. The van der Waals surface area contributed by atoms with Gasteiger partial charge in [0.25, 0.3) is 0 Å². The van der Waals surface area contributed by atoms with E-state index in [-0.39, 0.29) is 0 Å². The van der Waals surface area contributed by atoms with E-state index < -0.39 is 12.1 Å². The molecule has 0 spiro atoms. The van der Waals surface area contributed by atoms with Crippen molar-refractivity contribution >= 4 is 32.8 Å². The van der Waals surface area contributed by atoms with Crippen LogP contribution in [0.5, 0.6) is 5.75 Å². The van der Waals surface area contributed by atoms with Crippen LogP contribution in [-0.2, 0) is 9.53 Å². The molecule has 4 nitrogen and oxygen atoms in total. The van der Waals surface area contributed by atoms with Crippen molar-refractivity contribution in [2.24, 2.45) is 0 Å². The van der Waals surface area contributed by atoms with Crippen molar-refractivity contribution in [3.8, 4) is 5.75 Å². The van der Waals surface area contributed by atoms with Crippen molar-refractivity contribution in [1.82, 2.24) is 4.98 Å². The number of methoxy groups -OCH3 is 1. The summed E-state index contributed by atoms with van der Waals surface area (Å²) < 4.78 is 11.0. The van der Waals surface area contributed by atoms with Crippen LogP contribution in [0.4, 0.5) is 0 Å². The Balaban J connectivity index is 2.35. The molecule has 1 unspecified atom stereocenters. The van der Waals surface area contributed by atoms with E-state index in [1.54, 1.807) is 19.2 Å². The Labute approximate surface area is 113 Å². The van der Waals surface area contributed by atoms with Gasteiger partial charge in [-0.3, -0.25) is 4.98 Å². The third-order valence-corrected chi connectivity index (χ3v) is 3.34. The standard InChI is InChI=1S/C13H12BrNO3/c1-8(13(16)17-2)18-11-6-5-10-9(12(11)14)4-3-7-15-10/h3-8H,1-2H3.